The third-order valence-electron chi connectivity index (χ3n) is 1.98. The number of amides is 1. The van der Waals surface area contributed by atoms with Crippen LogP contribution in [-0.4, -0.2) is 24.4 Å². The summed E-state index contributed by atoms with van der Waals surface area (Å²) in [6, 6.07) is 9.67. The van der Waals surface area contributed by atoms with Gasteiger partial charge in [0, 0.05) is 18.3 Å². The summed E-state index contributed by atoms with van der Waals surface area (Å²) in [5, 5.41) is 3.53. The van der Waals surface area contributed by atoms with Crippen LogP contribution in [0.5, 0.6) is 5.75 Å². The molecule has 0 heterocycles. The van der Waals surface area contributed by atoms with Crippen molar-refractivity contribution < 1.29 is 9.53 Å². The molecule has 0 fully saturated rings. The zero-order valence-electron chi connectivity index (χ0n) is 9.12. The molecule has 1 amide bonds. The highest BCUT2D eigenvalue weighted by atomic mass is 79.9. The van der Waals surface area contributed by atoms with Crippen molar-refractivity contribution in [2.24, 2.45) is 0 Å². The number of benzene rings is 1. The Morgan fingerprint density at radius 3 is 2.75 bits per heavy atom. The second kappa shape index (κ2) is 8.16. The molecular formula is C12H16BrNO2. The SMILES string of the molecule is O=C(CCBr)NCCCOc1ccccc1. The normalized spacial score (nSPS) is 9.81. The Kier molecular flexibility index (Phi) is 6.65. The van der Waals surface area contributed by atoms with Crippen molar-refractivity contribution in [2.75, 3.05) is 18.5 Å². The first-order valence-electron chi connectivity index (χ1n) is 5.33. The number of carbonyl (C=O) groups excluding carboxylic acids is 1. The lowest BCUT2D eigenvalue weighted by atomic mass is 10.3. The quantitative estimate of drug-likeness (QED) is 0.617. The van der Waals surface area contributed by atoms with Crippen molar-refractivity contribution in [1.82, 2.24) is 5.32 Å². The van der Waals surface area contributed by atoms with E-state index in [9.17, 15) is 4.79 Å². The maximum atomic E-state index is 11.1. The van der Waals surface area contributed by atoms with Gasteiger partial charge in [0.2, 0.25) is 5.91 Å². The summed E-state index contributed by atoms with van der Waals surface area (Å²) in [4.78, 5) is 11.1. The number of ether oxygens (including phenoxy) is 1. The van der Waals surface area contributed by atoms with Gasteiger partial charge in [-0.3, -0.25) is 4.79 Å². The number of hydrogen-bond donors (Lipinski definition) is 1. The summed E-state index contributed by atoms with van der Waals surface area (Å²) in [7, 11) is 0. The number of rotatable bonds is 7. The molecule has 88 valence electrons. The van der Waals surface area contributed by atoms with Gasteiger partial charge >= 0.3 is 0 Å². The third-order valence-corrected chi connectivity index (χ3v) is 2.37. The molecule has 4 heteroatoms. The number of hydrogen-bond acceptors (Lipinski definition) is 2. The van der Waals surface area contributed by atoms with Gasteiger partial charge in [0.25, 0.3) is 0 Å². The summed E-state index contributed by atoms with van der Waals surface area (Å²) in [6.45, 7) is 1.29. The molecule has 0 aliphatic rings. The molecule has 0 atom stereocenters. The fourth-order valence-corrected chi connectivity index (χ4v) is 1.54. The van der Waals surface area contributed by atoms with E-state index in [1.807, 2.05) is 30.3 Å². The van der Waals surface area contributed by atoms with E-state index in [0.29, 0.717) is 24.9 Å². The molecule has 0 radical (unpaired) electrons. The van der Waals surface area contributed by atoms with Crippen LogP contribution in [-0.2, 0) is 4.79 Å². The van der Waals surface area contributed by atoms with E-state index < -0.39 is 0 Å². The summed E-state index contributed by atoms with van der Waals surface area (Å²) in [5.41, 5.74) is 0. The van der Waals surface area contributed by atoms with Gasteiger partial charge in [0.15, 0.2) is 0 Å². The van der Waals surface area contributed by atoms with E-state index in [4.69, 9.17) is 4.74 Å². The Morgan fingerprint density at radius 2 is 2.06 bits per heavy atom. The molecule has 0 aromatic heterocycles. The highest BCUT2D eigenvalue weighted by molar-refractivity contribution is 9.09. The van der Waals surface area contributed by atoms with E-state index in [1.165, 1.54) is 0 Å². The molecule has 0 spiro atoms. The molecular weight excluding hydrogens is 270 g/mol. The summed E-state index contributed by atoms with van der Waals surface area (Å²) in [6.07, 6.45) is 1.35. The lowest BCUT2D eigenvalue weighted by Crippen LogP contribution is -2.25. The second-order valence-electron chi connectivity index (χ2n) is 3.30. The van der Waals surface area contributed by atoms with Gasteiger partial charge in [0.05, 0.1) is 6.61 Å². The number of alkyl halides is 1. The molecule has 0 bridgehead atoms. The Bertz CT molecular complexity index is 303. The largest absolute Gasteiger partial charge is 0.494 e. The summed E-state index contributed by atoms with van der Waals surface area (Å²) < 4.78 is 5.49. The van der Waals surface area contributed by atoms with Crippen LogP contribution in [0.3, 0.4) is 0 Å². The minimum absolute atomic E-state index is 0.0802. The zero-order valence-corrected chi connectivity index (χ0v) is 10.7. The topological polar surface area (TPSA) is 38.3 Å². The fourth-order valence-electron chi connectivity index (χ4n) is 1.18. The highest BCUT2D eigenvalue weighted by Gasteiger charge is 1.98. The summed E-state index contributed by atoms with van der Waals surface area (Å²) >= 11 is 3.22. The molecule has 3 nitrogen and oxygen atoms in total. The van der Waals surface area contributed by atoms with Crippen molar-refractivity contribution in [1.29, 1.82) is 0 Å². The minimum Gasteiger partial charge on any atom is -0.494 e. The van der Waals surface area contributed by atoms with Crippen molar-refractivity contribution in [3.05, 3.63) is 30.3 Å². The Hall–Kier alpha value is -1.03. The molecule has 1 aromatic carbocycles. The molecule has 1 N–H and O–H groups in total. The highest BCUT2D eigenvalue weighted by Crippen LogP contribution is 2.07. The average Bonchev–Trinajstić information content (AvgIpc) is 2.30. The smallest absolute Gasteiger partial charge is 0.220 e. The van der Waals surface area contributed by atoms with E-state index >= 15 is 0 Å². The first-order valence-corrected chi connectivity index (χ1v) is 6.45. The Morgan fingerprint density at radius 1 is 1.31 bits per heavy atom. The molecule has 1 aromatic rings. The van der Waals surface area contributed by atoms with Crippen LogP contribution in [0, 0.1) is 0 Å². The van der Waals surface area contributed by atoms with Gasteiger partial charge in [0.1, 0.15) is 5.75 Å². The molecule has 0 unspecified atom stereocenters. The first-order chi connectivity index (χ1) is 7.83. The van der Waals surface area contributed by atoms with Crippen LogP contribution < -0.4 is 10.1 Å². The van der Waals surface area contributed by atoms with Crippen molar-refractivity contribution in [3.8, 4) is 5.75 Å². The van der Waals surface area contributed by atoms with E-state index in [1.54, 1.807) is 0 Å². The molecule has 0 aliphatic heterocycles. The van der Waals surface area contributed by atoms with Crippen molar-refractivity contribution in [3.63, 3.8) is 0 Å². The lowest BCUT2D eigenvalue weighted by molar-refractivity contribution is -0.120. The van der Waals surface area contributed by atoms with Gasteiger partial charge < -0.3 is 10.1 Å². The molecule has 0 saturated carbocycles. The van der Waals surface area contributed by atoms with Crippen LogP contribution >= 0.6 is 15.9 Å². The lowest BCUT2D eigenvalue weighted by Gasteiger charge is -2.06. The third kappa shape index (κ3) is 5.75. The number of nitrogens with one attached hydrogen (secondary N) is 1. The maximum Gasteiger partial charge on any atom is 0.220 e. The molecule has 0 saturated heterocycles. The maximum absolute atomic E-state index is 11.1. The van der Waals surface area contributed by atoms with Gasteiger partial charge in [-0.25, -0.2) is 0 Å². The molecule has 1 rings (SSSR count). The van der Waals surface area contributed by atoms with Crippen molar-refractivity contribution in [2.45, 2.75) is 12.8 Å². The fraction of sp³-hybridized carbons (Fsp3) is 0.417. The minimum atomic E-state index is 0.0802. The molecule has 16 heavy (non-hydrogen) atoms. The Labute approximate surface area is 104 Å². The Balaban J connectivity index is 2.02. The van der Waals surface area contributed by atoms with Gasteiger partial charge in [-0.15, -0.1) is 0 Å². The predicted molar refractivity (Wildman–Crippen MR) is 68.0 cm³/mol. The van der Waals surface area contributed by atoms with Crippen LogP contribution in [0.2, 0.25) is 0 Å². The van der Waals surface area contributed by atoms with E-state index in [0.717, 1.165) is 12.2 Å². The van der Waals surface area contributed by atoms with Gasteiger partial charge in [-0.1, -0.05) is 34.1 Å². The number of carbonyl (C=O) groups is 1. The predicted octanol–water partition coefficient (Wildman–Crippen LogP) is 2.36. The molecule has 0 aliphatic carbocycles. The van der Waals surface area contributed by atoms with Crippen LogP contribution in [0.4, 0.5) is 0 Å². The van der Waals surface area contributed by atoms with Gasteiger partial charge in [-0.2, -0.15) is 0 Å². The standard InChI is InChI=1S/C12H16BrNO2/c13-8-7-12(15)14-9-4-10-16-11-5-2-1-3-6-11/h1-3,5-6H,4,7-10H2,(H,14,15). The van der Waals surface area contributed by atoms with Crippen LogP contribution in [0.1, 0.15) is 12.8 Å². The van der Waals surface area contributed by atoms with Crippen molar-refractivity contribution >= 4 is 21.8 Å². The van der Waals surface area contributed by atoms with E-state index in [2.05, 4.69) is 21.2 Å². The number of halogens is 1. The second-order valence-corrected chi connectivity index (χ2v) is 4.10. The zero-order chi connectivity index (χ0) is 11.6. The number of para-hydroxylation sites is 1. The van der Waals surface area contributed by atoms with Gasteiger partial charge in [-0.05, 0) is 18.6 Å². The van der Waals surface area contributed by atoms with Crippen LogP contribution in [0.25, 0.3) is 0 Å². The first kappa shape index (κ1) is 13.0. The summed E-state index contributed by atoms with van der Waals surface area (Å²) in [5.74, 6) is 0.950. The van der Waals surface area contributed by atoms with Crippen LogP contribution in [0.15, 0.2) is 30.3 Å². The monoisotopic (exact) mass is 285 g/mol. The van der Waals surface area contributed by atoms with E-state index in [-0.39, 0.29) is 5.91 Å². The average molecular weight is 286 g/mol.